The average Bonchev–Trinajstić information content (AvgIpc) is 3.58. The predicted octanol–water partition coefficient (Wildman–Crippen LogP) is 5.80. The zero-order valence-corrected chi connectivity index (χ0v) is 24.1. The van der Waals surface area contributed by atoms with Crippen LogP contribution in [-0.2, 0) is 9.59 Å². The highest BCUT2D eigenvalue weighted by molar-refractivity contribution is 5.95. The first-order valence-electron chi connectivity index (χ1n) is 14.2. The van der Waals surface area contributed by atoms with Gasteiger partial charge in [0.05, 0.1) is 19.6 Å². The molecule has 4 atom stereocenters. The molecule has 2 aliphatic heterocycles. The zero-order chi connectivity index (χ0) is 29.1. The Morgan fingerprint density at radius 3 is 2.46 bits per heavy atom. The molecule has 0 radical (unpaired) electrons. The van der Waals surface area contributed by atoms with Gasteiger partial charge in [0.25, 0.3) is 0 Å². The van der Waals surface area contributed by atoms with Crippen molar-refractivity contribution in [1.29, 1.82) is 0 Å². The fraction of sp³-hybridized carbons (Fsp3) is 0.394. The Labute approximate surface area is 241 Å². The minimum atomic E-state index is -0.904. The number of aliphatic carboxylic acids is 1. The molecule has 41 heavy (non-hydrogen) atoms. The van der Waals surface area contributed by atoms with Crippen LogP contribution in [0.1, 0.15) is 55.3 Å². The Kier molecular flexibility index (Phi) is 8.49. The second kappa shape index (κ2) is 12.2. The number of anilines is 1. The molecule has 2 aliphatic rings. The maximum Gasteiger partial charge on any atom is 0.309 e. The highest BCUT2D eigenvalue weighted by atomic mass is 16.7. The standard InChI is InChI=1S/C33H38N2O6/c1-5-7-22(3)35(25-9-6-8-21(2)16-25)30(36)19-34-18-27(24-12-15-28-29(17-24)41-20-40-28)31(33(37)38)32(34)23-10-13-26(39-4)14-11-23/h6,8-17,22,27,31-32H,5,7,18-20H2,1-4H3,(H,37,38)/t22?,27-,31+,32-/m1/s1. The molecule has 8 nitrogen and oxygen atoms in total. The van der Waals surface area contributed by atoms with E-state index in [-0.39, 0.29) is 31.2 Å². The summed E-state index contributed by atoms with van der Waals surface area (Å²) in [5.74, 6) is -0.145. The van der Waals surface area contributed by atoms with Crippen molar-refractivity contribution in [2.45, 2.75) is 51.6 Å². The van der Waals surface area contributed by atoms with E-state index in [1.807, 2.05) is 83.5 Å². The van der Waals surface area contributed by atoms with E-state index in [1.165, 1.54) is 0 Å². The molecule has 1 unspecified atom stereocenters. The smallest absolute Gasteiger partial charge is 0.309 e. The fourth-order valence-electron chi connectivity index (χ4n) is 6.29. The monoisotopic (exact) mass is 558 g/mol. The molecule has 8 heteroatoms. The normalized spacial score (nSPS) is 20.5. The number of carboxylic acids is 1. The van der Waals surface area contributed by atoms with Gasteiger partial charge in [-0.15, -0.1) is 0 Å². The minimum absolute atomic E-state index is 0.00346. The molecule has 0 spiro atoms. The van der Waals surface area contributed by atoms with Gasteiger partial charge in [-0.3, -0.25) is 14.5 Å². The predicted molar refractivity (Wildman–Crippen MR) is 157 cm³/mol. The summed E-state index contributed by atoms with van der Waals surface area (Å²) in [6.45, 7) is 6.84. The first-order valence-corrected chi connectivity index (χ1v) is 14.2. The van der Waals surface area contributed by atoms with Crippen LogP contribution in [0.2, 0.25) is 0 Å². The summed E-state index contributed by atoms with van der Waals surface area (Å²) in [6.07, 6.45) is 1.81. The van der Waals surface area contributed by atoms with Crippen molar-refractivity contribution in [2.75, 3.05) is 31.9 Å². The first-order chi connectivity index (χ1) is 19.8. The molecular formula is C33H38N2O6. The van der Waals surface area contributed by atoms with Gasteiger partial charge < -0.3 is 24.2 Å². The number of ether oxygens (including phenoxy) is 3. The lowest BCUT2D eigenvalue weighted by Gasteiger charge is -2.33. The van der Waals surface area contributed by atoms with Crippen LogP contribution in [0, 0.1) is 12.8 Å². The Morgan fingerprint density at radius 1 is 1.05 bits per heavy atom. The SMILES string of the molecule is CCCC(C)N(C(=O)CN1C[C@H](c2ccc3c(c2)OCO3)[C@H](C(=O)O)[C@H]1c1ccc(OC)cc1)c1cccc(C)c1. The summed E-state index contributed by atoms with van der Waals surface area (Å²) >= 11 is 0. The number of carboxylic acid groups (broad SMARTS) is 1. The Hall–Kier alpha value is -4.04. The van der Waals surface area contributed by atoms with Crippen molar-refractivity contribution in [1.82, 2.24) is 4.90 Å². The summed E-state index contributed by atoms with van der Waals surface area (Å²) in [4.78, 5) is 31.0. The molecule has 0 bridgehead atoms. The molecule has 0 aromatic heterocycles. The van der Waals surface area contributed by atoms with Crippen LogP contribution in [0.3, 0.4) is 0 Å². The van der Waals surface area contributed by atoms with E-state index in [2.05, 4.69) is 13.8 Å². The second-order valence-electron chi connectivity index (χ2n) is 11.0. The number of nitrogens with zero attached hydrogens (tertiary/aromatic N) is 2. The lowest BCUT2D eigenvalue weighted by Crippen LogP contribution is -2.45. The van der Waals surface area contributed by atoms with Crippen LogP contribution in [0.15, 0.2) is 66.7 Å². The van der Waals surface area contributed by atoms with Gasteiger partial charge >= 0.3 is 5.97 Å². The maximum absolute atomic E-state index is 14.2. The van der Waals surface area contributed by atoms with E-state index in [4.69, 9.17) is 14.2 Å². The molecular weight excluding hydrogens is 520 g/mol. The lowest BCUT2D eigenvalue weighted by atomic mass is 9.82. The quantitative estimate of drug-likeness (QED) is 0.337. The summed E-state index contributed by atoms with van der Waals surface area (Å²) in [5.41, 5.74) is 3.62. The number of benzene rings is 3. The van der Waals surface area contributed by atoms with Crippen LogP contribution < -0.4 is 19.1 Å². The van der Waals surface area contributed by atoms with Gasteiger partial charge in [-0.2, -0.15) is 0 Å². The number of likely N-dealkylation sites (tertiary alicyclic amines) is 1. The summed E-state index contributed by atoms with van der Waals surface area (Å²) in [5, 5.41) is 10.6. The van der Waals surface area contributed by atoms with Gasteiger partial charge in [0.1, 0.15) is 5.75 Å². The molecule has 5 rings (SSSR count). The Bertz CT molecular complexity index is 1390. The van der Waals surface area contributed by atoms with Crippen molar-refractivity contribution in [2.24, 2.45) is 5.92 Å². The van der Waals surface area contributed by atoms with E-state index in [1.54, 1.807) is 7.11 Å². The largest absolute Gasteiger partial charge is 0.497 e. The molecule has 0 saturated carbocycles. The van der Waals surface area contributed by atoms with Crippen molar-refractivity contribution >= 4 is 17.6 Å². The van der Waals surface area contributed by atoms with E-state index in [0.717, 1.165) is 35.2 Å². The number of hydrogen-bond donors (Lipinski definition) is 1. The number of amides is 1. The van der Waals surface area contributed by atoms with Crippen LogP contribution >= 0.6 is 0 Å². The van der Waals surface area contributed by atoms with Crippen molar-refractivity contribution < 1.29 is 28.9 Å². The first kappa shape index (κ1) is 28.5. The Balaban J connectivity index is 1.53. The van der Waals surface area contributed by atoms with Crippen LogP contribution in [-0.4, -0.2) is 54.9 Å². The van der Waals surface area contributed by atoms with Gasteiger partial charge in [0.15, 0.2) is 11.5 Å². The molecule has 2 heterocycles. The number of fused-ring (bicyclic) bond motifs is 1. The van der Waals surface area contributed by atoms with Gasteiger partial charge in [0.2, 0.25) is 12.7 Å². The third kappa shape index (κ3) is 5.88. The van der Waals surface area contributed by atoms with Gasteiger partial charge in [-0.05, 0) is 73.4 Å². The van der Waals surface area contributed by atoms with E-state index >= 15 is 0 Å². The molecule has 1 N–H and O–H groups in total. The molecule has 1 amide bonds. The number of rotatable bonds is 10. The highest BCUT2D eigenvalue weighted by Gasteiger charge is 2.48. The lowest BCUT2D eigenvalue weighted by molar-refractivity contribution is -0.143. The summed E-state index contributed by atoms with van der Waals surface area (Å²) < 4.78 is 16.4. The zero-order valence-electron chi connectivity index (χ0n) is 24.1. The summed E-state index contributed by atoms with van der Waals surface area (Å²) in [6, 6.07) is 20.6. The minimum Gasteiger partial charge on any atom is -0.497 e. The third-order valence-corrected chi connectivity index (χ3v) is 8.20. The maximum atomic E-state index is 14.2. The average molecular weight is 559 g/mol. The summed E-state index contributed by atoms with van der Waals surface area (Å²) in [7, 11) is 1.60. The Morgan fingerprint density at radius 2 is 1.78 bits per heavy atom. The van der Waals surface area contributed by atoms with E-state index < -0.39 is 17.9 Å². The highest BCUT2D eigenvalue weighted by Crippen LogP contribution is 2.48. The second-order valence-corrected chi connectivity index (χ2v) is 11.0. The topological polar surface area (TPSA) is 88.5 Å². The fourth-order valence-corrected chi connectivity index (χ4v) is 6.29. The van der Waals surface area contributed by atoms with Gasteiger partial charge in [-0.25, -0.2) is 0 Å². The molecule has 1 saturated heterocycles. The number of carbonyl (C=O) groups excluding carboxylic acids is 1. The third-order valence-electron chi connectivity index (χ3n) is 8.20. The molecule has 0 aliphatic carbocycles. The number of carbonyl (C=O) groups is 2. The van der Waals surface area contributed by atoms with Gasteiger partial charge in [-0.1, -0.05) is 43.7 Å². The molecule has 1 fully saturated rings. The number of aryl methyl sites for hydroxylation is 1. The number of methoxy groups -OCH3 is 1. The van der Waals surface area contributed by atoms with Crippen molar-refractivity contribution in [3.63, 3.8) is 0 Å². The molecule has 216 valence electrons. The molecule has 3 aromatic rings. The van der Waals surface area contributed by atoms with E-state index in [0.29, 0.717) is 23.8 Å². The van der Waals surface area contributed by atoms with Gasteiger partial charge in [0, 0.05) is 30.2 Å². The number of hydrogen-bond acceptors (Lipinski definition) is 6. The van der Waals surface area contributed by atoms with Crippen molar-refractivity contribution in [3.05, 3.63) is 83.4 Å². The molecule has 3 aromatic carbocycles. The van der Waals surface area contributed by atoms with E-state index in [9.17, 15) is 14.7 Å². The van der Waals surface area contributed by atoms with Crippen LogP contribution in [0.5, 0.6) is 17.2 Å². The van der Waals surface area contributed by atoms with Crippen LogP contribution in [0.4, 0.5) is 5.69 Å². The van der Waals surface area contributed by atoms with Crippen molar-refractivity contribution in [3.8, 4) is 17.2 Å². The van der Waals surface area contributed by atoms with Crippen LogP contribution in [0.25, 0.3) is 0 Å².